The van der Waals surface area contributed by atoms with Crippen molar-refractivity contribution < 1.29 is 38.2 Å². The Morgan fingerprint density at radius 2 is 2.25 bits per heavy atom. The number of halogens is 1. The monoisotopic (exact) mass is 397 g/mol. The average Bonchev–Trinajstić information content (AvgIpc) is 3.14. The largest absolute Gasteiger partial charge is 0.494 e. The number of carboxylic acids is 1. The molecule has 152 valence electrons. The molecule has 0 aliphatic carbocycles. The molecule has 1 fully saturated rings. The number of benzene rings is 1. The van der Waals surface area contributed by atoms with Crippen molar-refractivity contribution in [1.29, 1.82) is 0 Å². The van der Waals surface area contributed by atoms with Crippen molar-refractivity contribution in [2.75, 3.05) is 38.3 Å². The van der Waals surface area contributed by atoms with Crippen LogP contribution in [-0.4, -0.2) is 67.3 Å². The van der Waals surface area contributed by atoms with E-state index in [9.17, 15) is 14.3 Å². The maximum atomic E-state index is 13.6. The van der Waals surface area contributed by atoms with E-state index in [4.69, 9.17) is 29.6 Å². The van der Waals surface area contributed by atoms with Gasteiger partial charge in [-0.05, 0) is 18.2 Å². The molecule has 1 aliphatic rings. The van der Waals surface area contributed by atoms with Crippen LogP contribution in [0.25, 0.3) is 11.3 Å². The van der Waals surface area contributed by atoms with E-state index in [1.807, 2.05) is 0 Å². The van der Waals surface area contributed by atoms with Gasteiger partial charge in [0.15, 0.2) is 28.7 Å². The molecule has 0 spiro atoms. The Morgan fingerprint density at radius 3 is 2.86 bits per heavy atom. The highest BCUT2D eigenvalue weighted by Crippen LogP contribution is 2.34. The summed E-state index contributed by atoms with van der Waals surface area (Å²) >= 11 is 0. The normalized spacial score (nSPS) is 16.1. The maximum Gasteiger partial charge on any atom is 0.343 e. The van der Waals surface area contributed by atoms with E-state index in [2.05, 4.69) is 5.16 Å². The van der Waals surface area contributed by atoms with Crippen LogP contribution in [0.4, 0.5) is 10.2 Å². The zero-order valence-corrected chi connectivity index (χ0v) is 15.0. The first kappa shape index (κ1) is 21.1. The first-order valence-corrected chi connectivity index (χ1v) is 8.18. The zero-order valence-electron chi connectivity index (χ0n) is 15.0. The molecule has 10 nitrogen and oxygen atoms in total. The molecule has 11 heteroatoms. The lowest BCUT2D eigenvalue weighted by Crippen LogP contribution is -2.46. The van der Waals surface area contributed by atoms with Crippen LogP contribution >= 0.6 is 0 Å². The van der Waals surface area contributed by atoms with Crippen LogP contribution in [0, 0.1) is 5.82 Å². The number of aromatic carboxylic acids is 1. The van der Waals surface area contributed by atoms with Crippen LogP contribution in [0.3, 0.4) is 0 Å². The van der Waals surface area contributed by atoms with Crippen LogP contribution < -0.4 is 15.4 Å². The summed E-state index contributed by atoms with van der Waals surface area (Å²) in [5.41, 5.74) is 5.89. The van der Waals surface area contributed by atoms with Crippen molar-refractivity contribution in [1.82, 2.24) is 5.16 Å². The van der Waals surface area contributed by atoms with E-state index in [1.165, 1.54) is 25.3 Å². The lowest BCUT2D eigenvalue weighted by atomic mass is 10.1. The molecule has 1 saturated heterocycles. The van der Waals surface area contributed by atoms with Crippen molar-refractivity contribution in [3.8, 4) is 17.1 Å². The van der Waals surface area contributed by atoms with Crippen LogP contribution in [0.1, 0.15) is 10.4 Å². The Labute approximate surface area is 159 Å². The molecule has 28 heavy (non-hydrogen) atoms. The third-order valence-corrected chi connectivity index (χ3v) is 4.00. The molecule has 1 aromatic carbocycles. The van der Waals surface area contributed by atoms with Gasteiger partial charge in [-0.2, -0.15) is 0 Å². The number of morpholine rings is 1. The number of nitrogens with zero attached hydrogens (tertiary/aromatic N) is 2. The van der Waals surface area contributed by atoms with Crippen LogP contribution in [-0.2, 0) is 9.53 Å². The molecule has 0 saturated carbocycles. The first-order chi connectivity index (χ1) is 13.5. The maximum absolute atomic E-state index is 13.6. The van der Waals surface area contributed by atoms with Gasteiger partial charge in [-0.15, -0.1) is 0 Å². The summed E-state index contributed by atoms with van der Waals surface area (Å²) in [6.07, 6.45) is -0.207. The topological polar surface area (TPSA) is 148 Å². The molecule has 1 aromatic heterocycles. The molecule has 1 aliphatic heterocycles. The highest BCUT2D eigenvalue weighted by molar-refractivity contribution is 5.99. The van der Waals surface area contributed by atoms with Crippen LogP contribution in [0.5, 0.6) is 5.75 Å². The summed E-state index contributed by atoms with van der Waals surface area (Å²) in [5.74, 6) is -1.52. The second-order valence-corrected chi connectivity index (χ2v) is 5.64. The third-order valence-electron chi connectivity index (χ3n) is 4.00. The van der Waals surface area contributed by atoms with Crippen LogP contribution in [0.2, 0.25) is 0 Å². The van der Waals surface area contributed by atoms with Gasteiger partial charge < -0.3 is 34.8 Å². The Hall–Kier alpha value is -3.18. The number of hydrogen-bond acceptors (Lipinski definition) is 8. The number of rotatable bonds is 5. The quantitative estimate of drug-likeness (QED) is 0.625. The zero-order chi connectivity index (χ0) is 20.7. The van der Waals surface area contributed by atoms with Crippen molar-refractivity contribution >= 4 is 18.3 Å². The molecule has 1 atom stereocenters. The number of nitrogens with two attached hydrogens (primary N) is 1. The minimum Gasteiger partial charge on any atom is -0.494 e. The predicted octanol–water partition coefficient (Wildman–Crippen LogP) is 1.05. The van der Waals surface area contributed by atoms with E-state index < -0.39 is 11.8 Å². The highest BCUT2D eigenvalue weighted by atomic mass is 19.1. The molecule has 2 heterocycles. The fourth-order valence-corrected chi connectivity index (χ4v) is 2.74. The lowest BCUT2D eigenvalue weighted by molar-refractivity contribution is -0.122. The minimum absolute atomic E-state index is 0.0126. The number of carbonyl (C=O) groups is 2. The van der Waals surface area contributed by atoms with Gasteiger partial charge in [0.25, 0.3) is 6.47 Å². The first-order valence-electron chi connectivity index (χ1n) is 8.18. The minimum atomic E-state index is -1.19. The van der Waals surface area contributed by atoms with Crippen molar-refractivity contribution in [3.63, 3.8) is 0 Å². The van der Waals surface area contributed by atoms with Gasteiger partial charge in [0.2, 0.25) is 0 Å². The average molecular weight is 397 g/mol. The van der Waals surface area contributed by atoms with Crippen molar-refractivity contribution in [2.45, 2.75) is 6.10 Å². The van der Waals surface area contributed by atoms with Crippen molar-refractivity contribution in [3.05, 3.63) is 29.6 Å². The van der Waals surface area contributed by atoms with Crippen LogP contribution in [0.15, 0.2) is 22.7 Å². The highest BCUT2D eigenvalue weighted by Gasteiger charge is 2.30. The number of hydrogen-bond donors (Lipinski definition) is 3. The second kappa shape index (κ2) is 9.67. The fraction of sp³-hybridized carbons (Fsp3) is 0.353. The molecule has 0 bridgehead atoms. The van der Waals surface area contributed by atoms with E-state index >= 15 is 0 Å². The molecule has 4 N–H and O–H groups in total. The summed E-state index contributed by atoms with van der Waals surface area (Å²) in [7, 11) is 1.33. The van der Waals surface area contributed by atoms with E-state index in [0.717, 1.165) is 0 Å². The molecular weight excluding hydrogens is 377 g/mol. The summed E-state index contributed by atoms with van der Waals surface area (Å²) in [6.45, 7) is 1.36. The number of carboxylic acid groups (broad SMARTS) is 2. The Bertz CT molecular complexity index is 827. The standard InChI is InChI=1S/C16H18FN3O5.CH2O2/c1-23-12-6-9(2-3-11(12)17)14-13(16(21)22)15(19-25-14)20-4-5-24-10(7-18)8-20;2-1-3/h2-3,6,10H,4-5,7-8,18H2,1H3,(H,21,22);1H,(H,2,3). The number of aromatic nitrogens is 1. The van der Waals surface area contributed by atoms with Gasteiger partial charge in [0, 0.05) is 25.2 Å². The van der Waals surface area contributed by atoms with E-state index in [1.54, 1.807) is 4.90 Å². The van der Waals surface area contributed by atoms with E-state index in [0.29, 0.717) is 31.8 Å². The number of anilines is 1. The molecule has 3 rings (SSSR count). The smallest absolute Gasteiger partial charge is 0.343 e. The summed E-state index contributed by atoms with van der Waals surface area (Å²) in [6, 6.07) is 3.96. The predicted molar refractivity (Wildman–Crippen MR) is 95.1 cm³/mol. The summed E-state index contributed by atoms with van der Waals surface area (Å²) < 4.78 is 29.3. The van der Waals surface area contributed by atoms with E-state index in [-0.39, 0.29) is 35.5 Å². The van der Waals surface area contributed by atoms with Gasteiger partial charge in [0.1, 0.15) is 0 Å². The van der Waals surface area contributed by atoms with Gasteiger partial charge in [-0.25, -0.2) is 9.18 Å². The lowest BCUT2D eigenvalue weighted by Gasteiger charge is -2.32. The summed E-state index contributed by atoms with van der Waals surface area (Å²) in [5, 5.41) is 20.5. The van der Waals surface area contributed by atoms with Gasteiger partial charge in [0.05, 0.1) is 19.8 Å². The Kier molecular flexibility index (Phi) is 7.29. The SMILES string of the molecule is COc1cc(-c2onc(N3CCOC(CN)C3)c2C(=O)O)ccc1F.O=CO. The molecule has 0 radical (unpaired) electrons. The molecule has 1 unspecified atom stereocenters. The molecular formula is C17H20FN3O7. The molecule has 0 amide bonds. The fourth-order valence-electron chi connectivity index (χ4n) is 2.74. The number of methoxy groups -OCH3 is 1. The number of ether oxygens (including phenoxy) is 2. The second-order valence-electron chi connectivity index (χ2n) is 5.64. The van der Waals surface area contributed by atoms with Crippen molar-refractivity contribution in [2.24, 2.45) is 5.73 Å². The summed E-state index contributed by atoms with van der Waals surface area (Å²) in [4.78, 5) is 21.9. The van der Waals surface area contributed by atoms with Gasteiger partial charge in [-0.1, -0.05) is 5.16 Å². The van der Waals surface area contributed by atoms with Gasteiger partial charge >= 0.3 is 5.97 Å². The molecule has 2 aromatic rings. The van der Waals surface area contributed by atoms with Gasteiger partial charge in [-0.3, -0.25) is 4.79 Å². The Morgan fingerprint density at radius 1 is 1.54 bits per heavy atom. The Balaban J connectivity index is 0.000000878. The third kappa shape index (κ3) is 4.56.